The summed E-state index contributed by atoms with van der Waals surface area (Å²) in [6.45, 7) is 1.39. The highest BCUT2D eigenvalue weighted by Crippen LogP contribution is 1.88. The first-order chi connectivity index (χ1) is 7.07. The molecule has 0 rings (SSSR count). The molecular weight excluding hydrogens is 200 g/mol. The molecule has 15 heavy (non-hydrogen) atoms. The standard InChI is InChI=1S/C8H18N4O3/c1-15-5-4-12-8(10)11-3-2-6(9)7(13)14/h6H,2-5,9H2,1H3,(H,13,14)(H3,10,11,12)/t6-/m1/s1. The number of nitrogens with one attached hydrogen (secondary N) is 1. The second-order valence-electron chi connectivity index (χ2n) is 2.92. The Labute approximate surface area is 88.5 Å². The SMILES string of the molecule is COCCNC(N)=NCC[C@@H](N)C(=O)O. The Kier molecular flexibility index (Phi) is 7.29. The van der Waals surface area contributed by atoms with E-state index in [1.807, 2.05) is 0 Å². The molecule has 88 valence electrons. The van der Waals surface area contributed by atoms with Gasteiger partial charge in [-0.25, -0.2) is 0 Å². The fraction of sp³-hybridized carbons (Fsp3) is 0.750. The predicted octanol–water partition coefficient (Wildman–Crippen LogP) is -1.66. The Morgan fingerprint density at radius 2 is 2.33 bits per heavy atom. The molecule has 0 unspecified atom stereocenters. The van der Waals surface area contributed by atoms with Crippen molar-refractivity contribution in [3.8, 4) is 0 Å². The molecule has 0 aromatic carbocycles. The first-order valence-corrected chi connectivity index (χ1v) is 4.59. The monoisotopic (exact) mass is 218 g/mol. The Morgan fingerprint density at radius 3 is 2.87 bits per heavy atom. The van der Waals surface area contributed by atoms with Crippen molar-refractivity contribution in [1.82, 2.24) is 5.32 Å². The molecular formula is C8H18N4O3. The fourth-order valence-corrected chi connectivity index (χ4v) is 0.785. The van der Waals surface area contributed by atoms with Gasteiger partial charge in [-0.2, -0.15) is 0 Å². The molecule has 0 heterocycles. The van der Waals surface area contributed by atoms with Crippen LogP contribution in [0.5, 0.6) is 0 Å². The third-order valence-electron chi connectivity index (χ3n) is 1.65. The first-order valence-electron chi connectivity index (χ1n) is 4.59. The molecule has 7 heteroatoms. The van der Waals surface area contributed by atoms with E-state index < -0.39 is 12.0 Å². The van der Waals surface area contributed by atoms with Crippen LogP contribution in [0.2, 0.25) is 0 Å². The highest BCUT2D eigenvalue weighted by atomic mass is 16.5. The van der Waals surface area contributed by atoms with Crippen molar-refractivity contribution < 1.29 is 14.6 Å². The Hall–Kier alpha value is -1.34. The predicted molar refractivity (Wildman–Crippen MR) is 56.6 cm³/mol. The van der Waals surface area contributed by atoms with Crippen LogP contribution < -0.4 is 16.8 Å². The van der Waals surface area contributed by atoms with Crippen LogP contribution in [0.3, 0.4) is 0 Å². The minimum atomic E-state index is -1.03. The average molecular weight is 218 g/mol. The summed E-state index contributed by atoms with van der Waals surface area (Å²) >= 11 is 0. The molecule has 6 N–H and O–H groups in total. The maximum Gasteiger partial charge on any atom is 0.320 e. The fourth-order valence-electron chi connectivity index (χ4n) is 0.785. The molecule has 0 bridgehead atoms. The largest absolute Gasteiger partial charge is 0.480 e. The van der Waals surface area contributed by atoms with Gasteiger partial charge in [0.25, 0.3) is 0 Å². The van der Waals surface area contributed by atoms with Crippen LogP contribution >= 0.6 is 0 Å². The number of ether oxygens (including phenoxy) is 1. The summed E-state index contributed by atoms with van der Waals surface area (Å²) in [6.07, 6.45) is 0.266. The van der Waals surface area contributed by atoms with E-state index in [1.165, 1.54) is 0 Å². The second kappa shape index (κ2) is 8.01. The van der Waals surface area contributed by atoms with E-state index in [9.17, 15) is 4.79 Å². The van der Waals surface area contributed by atoms with E-state index >= 15 is 0 Å². The topological polar surface area (TPSA) is 123 Å². The van der Waals surface area contributed by atoms with Crippen molar-refractivity contribution in [2.75, 3.05) is 26.8 Å². The zero-order valence-corrected chi connectivity index (χ0v) is 8.77. The third kappa shape index (κ3) is 7.71. The van der Waals surface area contributed by atoms with Crippen LogP contribution in [0.4, 0.5) is 0 Å². The highest BCUT2D eigenvalue weighted by Gasteiger charge is 2.09. The van der Waals surface area contributed by atoms with Crippen molar-refractivity contribution in [2.24, 2.45) is 16.5 Å². The summed E-state index contributed by atoms with van der Waals surface area (Å²) < 4.78 is 4.80. The number of carboxylic acid groups (broad SMARTS) is 1. The van der Waals surface area contributed by atoms with Crippen LogP contribution in [-0.4, -0.2) is 49.9 Å². The summed E-state index contributed by atoms with van der Waals surface area (Å²) in [7, 11) is 1.58. The molecule has 0 aliphatic carbocycles. The number of hydrogen-bond donors (Lipinski definition) is 4. The van der Waals surface area contributed by atoms with Crippen molar-refractivity contribution in [2.45, 2.75) is 12.5 Å². The van der Waals surface area contributed by atoms with Gasteiger partial charge in [-0.3, -0.25) is 9.79 Å². The molecule has 0 aromatic rings. The van der Waals surface area contributed by atoms with Crippen LogP contribution in [0.1, 0.15) is 6.42 Å². The van der Waals surface area contributed by atoms with Gasteiger partial charge in [0.05, 0.1) is 6.61 Å². The van der Waals surface area contributed by atoms with Crippen LogP contribution in [0.25, 0.3) is 0 Å². The number of aliphatic carboxylic acids is 1. The van der Waals surface area contributed by atoms with Gasteiger partial charge in [-0.1, -0.05) is 0 Å². The van der Waals surface area contributed by atoms with Gasteiger partial charge in [0.15, 0.2) is 5.96 Å². The van der Waals surface area contributed by atoms with Gasteiger partial charge < -0.3 is 26.6 Å². The lowest BCUT2D eigenvalue weighted by atomic mass is 10.2. The second-order valence-corrected chi connectivity index (χ2v) is 2.92. The van der Waals surface area contributed by atoms with Gasteiger partial charge in [-0.05, 0) is 6.42 Å². The number of carbonyl (C=O) groups is 1. The molecule has 0 saturated carbocycles. The number of aliphatic imine (C=N–C) groups is 1. The van der Waals surface area contributed by atoms with E-state index in [4.69, 9.17) is 21.3 Å². The summed E-state index contributed by atoms with van der Waals surface area (Å²) in [5.74, 6) is -0.763. The van der Waals surface area contributed by atoms with Crippen LogP contribution in [0, 0.1) is 0 Å². The Bertz CT molecular complexity index is 220. The highest BCUT2D eigenvalue weighted by molar-refractivity contribution is 5.77. The van der Waals surface area contributed by atoms with Crippen molar-refractivity contribution in [3.05, 3.63) is 0 Å². The number of guanidine groups is 1. The number of rotatable bonds is 7. The van der Waals surface area contributed by atoms with Gasteiger partial charge in [0, 0.05) is 20.2 Å². The summed E-state index contributed by atoms with van der Waals surface area (Å²) in [4.78, 5) is 14.3. The summed E-state index contributed by atoms with van der Waals surface area (Å²) in [5, 5.41) is 11.3. The summed E-state index contributed by atoms with van der Waals surface area (Å²) in [6, 6.07) is -0.888. The lowest BCUT2D eigenvalue weighted by Gasteiger charge is -2.06. The lowest BCUT2D eigenvalue weighted by Crippen LogP contribution is -2.35. The minimum absolute atomic E-state index is 0.266. The van der Waals surface area contributed by atoms with Gasteiger partial charge >= 0.3 is 5.97 Å². The van der Waals surface area contributed by atoms with Crippen LogP contribution in [0.15, 0.2) is 4.99 Å². The molecule has 0 spiro atoms. The molecule has 0 radical (unpaired) electrons. The first kappa shape index (κ1) is 13.7. The maximum absolute atomic E-state index is 10.3. The number of hydrogen-bond acceptors (Lipinski definition) is 4. The quantitative estimate of drug-likeness (QED) is 0.230. The molecule has 1 atom stereocenters. The van der Waals surface area contributed by atoms with Crippen molar-refractivity contribution >= 4 is 11.9 Å². The van der Waals surface area contributed by atoms with Crippen LogP contribution in [-0.2, 0) is 9.53 Å². The lowest BCUT2D eigenvalue weighted by molar-refractivity contribution is -0.138. The number of nitrogens with two attached hydrogens (primary N) is 2. The molecule has 0 saturated heterocycles. The molecule has 0 fully saturated rings. The van der Waals surface area contributed by atoms with E-state index in [-0.39, 0.29) is 12.4 Å². The van der Waals surface area contributed by atoms with Gasteiger partial charge in [-0.15, -0.1) is 0 Å². The van der Waals surface area contributed by atoms with Gasteiger partial charge in [0.2, 0.25) is 0 Å². The zero-order chi connectivity index (χ0) is 11.7. The smallest absolute Gasteiger partial charge is 0.320 e. The van der Waals surface area contributed by atoms with Crippen molar-refractivity contribution in [3.63, 3.8) is 0 Å². The molecule has 0 aliphatic rings. The molecule has 0 aromatic heterocycles. The van der Waals surface area contributed by atoms with Gasteiger partial charge in [0.1, 0.15) is 6.04 Å². The van der Waals surface area contributed by atoms with E-state index in [0.29, 0.717) is 19.7 Å². The maximum atomic E-state index is 10.3. The number of carboxylic acids is 1. The molecule has 0 amide bonds. The molecule has 7 nitrogen and oxygen atoms in total. The normalized spacial score (nSPS) is 13.6. The average Bonchev–Trinajstić information content (AvgIpc) is 2.18. The summed E-state index contributed by atoms with van der Waals surface area (Å²) in [5.41, 5.74) is 10.7. The minimum Gasteiger partial charge on any atom is -0.480 e. The number of methoxy groups -OCH3 is 1. The Balaban J connectivity index is 3.62. The van der Waals surface area contributed by atoms with E-state index in [2.05, 4.69) is 10.3 Å². The van der Waals surface area contributed by atoms with E-state index in [0.717, 1.165) is 0 Å². The zero-order valence-electron chi connectivity index (χ0n) is 8.77. The molecule has 0 aliphatic heterocycles. The van der Waals surface area contributed by atoms with Crippen molar-refractivity contribution in [1.29, 1.82) is 0 Å². The van der Waals surface area contributed by atoms with E-state index in [1.54, 1.807) is 7.11 Å². The number of nitrogens with zero attached hydrogens (tertiary/aromatic N) is 1. The third-order valence-corrected chi connectivity index (χ3v) is 1.65. The Morgan fingerprint density at radius 1 is 1.67 bits per heavy atom.